The molecule has 23 heavy (non-hydrogen) atoms. The predicted octanol–water partition coefficient (Wildman–Crippen LogP) is 1.10. The summed E-state index contributed by atoms with van der Waals surface area (Å²) in [6.07, 6.45) is -4.44. The van der Waals surface area contributed by atoms with Crippen molar-refractivity contribution in [3.8, 4) is 0 Å². The van der Waals surface area contributed by atoms with Crippen LogP contribution in [0.4, 0.5) is 13.2 Å². The van der Waals surface area contributed by atoms with Crippen molar-refractivity contribution in [3.63, 3.8) is 0 Å². The lowest BCUT2D eigenvalue weighted by Crippen LogP contribution is -2.39. The molecule has 8 heteroatoms. The Kier molecular flexibility index (Phi) is 5.97. The molecular formula is C15H19F3N2O3. The van der Waals surface area contributed by atoms with Crippen LogP contribution in [0.2, 0.25) is 0 Å². The molecule has 0 saturated carbocycles. The normalized spacial score (nSPS) is 21.4. The lowest BCUT2D eigenvalue weighted by Gasteiger charge is -2.11. The molecule has 1 fully saturated rings. The third kappa shape index (κ3) is 6.17. The number of nitrogens with one attached hydrogen (secondary N) is 2. The van der Waals surface area contributed by atoms with Gasteiger partial charge in [-0.2, -0.15) is 13.2 Å². The van der Waals surface area contributed by atoms with Crippen LogP contribution in [0, 0.1) is 0 Å². The number of carbonyl (C=O) groups is 1. The van der Waals surface area contributed by atoms with Crippen LogP contribution in [-0.4, -0.2) is 42.5 Å². The van der Waals surface area contributed by atoms with Crippen molar-refractivity contribution in [3.05, 3.63) is 35.4 Å². The molecule has 0 radical (unpaired) electrons. The minimum atomic E-state index is -4.33. The summed E-state index contributed by atoms with van der Waals surface area (Å²) < 4.78 is 40.5. The monoisotopic (exact) mass is 332 g/mol. The van der Waals surface area contributed by atoms with Gasteiger partial charge in [0.25, 0.3) is 0 Å². The number of benzene rings is 1. The Labute approximate surface area is 131 Å². The van der Waals surface area contributed by atoms with E-state index in [1.165, 1.54) is 0 Å². The van der Waals surface area contributed by atoms with E-state index >= 15 is 0 Å². The van der Waals surface area contributed by atoms with Crippen LogP contribution in [0.25, 0.3) is 0 Å². The number of ether oxygens (including phenoxy) is 1. The summed E-state index contributed by atoms with van der Waals surface area (Å²) in [4.78, 5) is 11.9. The molecule has 1 aliphatic heterocycles. The number of aliphatic hydroxyl groups is 1. The van der Waals surface area contributed by atoms with Crippen LogP contribution in [0.5, 0.6) is 0 Å². The van der Waals surface area contributed by atoms with Gasteiger partial charge in [0.1, 0.15) is 6.61 Å². The maximum absolute atomic E-state index is 12.0. The van der Waals surface area contributed by atoms with Gasteiger partial charge in [-0.15, -0.1) is 0 Å². The van der Waals surface area contributed by atoms with Crippen LogP contribution in [-0.2, 0) is 22.7 Å². The van der Waals surface area contributed by atoms with E-state index in [4.69, 9.17) is 0 Å². The smallest absolute Gasteiger partial charge is 0.392 e. The number of aliphatic hydroxyl groups excluding tert-OH is 1. The highest BCUT2D eigenvalue weighted by atomic mass is 19.4. The van der Waals surface area contributed by atoms with E-state index in [0.29, 0.717) is 25.1 Å². The summed E-state index contributed by atoms with van der Waals surface area (Å²) in [6.45, 7) is -0.664. The summed E-state index contributed by atoms with van der Waals surface area (Å²) in [5.74, 6) is -0.181. The molecule has 1 heterocycles. The Bertz CT molecular complexity index is 520. The first-order valence-electron chi connectivity index (χ1n) is 7.25. The Morgan fingerprint density at radius 3 is 2.52 bits per heavy atom. The second-order valence-corrected chi connectivity index (χ2v) is 5.49. The van der Waals surface area contributed by atoms with Gasteiger partial charge in [0.05, 0.1) is 18.8 Å². The SMILES string of the molecule is O=C(NCc1ccc(COCC(F)(F)F)cc1)[C@@H]1C[C@H](O)CN1. The minimum absolute atomic E-state index is 0.115. The summed E-state index contributed by atoms with van der Waals surface area (Å²) in [5, 5.41) is 15.0. The van der Waals surface area contributed by atoms with Gasteiger partial charge in [-0.05, 0) is 17.5 Å². The highest BCUT2D eigenvalue weighted by Crippen LogP contribution is 2.16. The zero-order valence-corrected chi connectivity index (χ0v) is 12.4. The Balaban J connectivity index is 1.73. The topological polar surface area (TPSA) is 70.6 Å². The zero-order chi connectivity index (χ0) is 16.9. The summed E-state index contributed by atoms with van der Waals surface area (Å²) in [5.41, 5.74) is 1.46. The second-order valence-electron chi connectivity index (χ2n) is 5.49. The average molecular weight is 332 g/mol. The van der Waals surface area contributed by atoms with Crippen molar-refractivity contribution >= 4 is 5.91 Å². The van der Waals surface area contributed by atoms with Gasteiger partial charge in [-0.3, -0.25) is 4.79 Å². The van der Waals surface area contributed by atoms with Crippen molar-refractivity contribution in [1.82, 2.24) is 10.6 Å². The van der Waals surface area contributed by atoms with E-state index in [2.05, 4.69) is 15.4 Å². The fourth-order valence-electron chi connectivity index (χ4n) is 2.27. The number of β-amino-alcohol motifs (C(OH)–C–C–N with tert-alkyl or cyclic N) is 1. The molecule has 0 aromatic heterocycles. The number of rotatable bonds is 6. The molecule has 2 rings (SSSR count). The van der Waals surface area contributed by atoms with Gasteiger partial charge in [0.2, 0.25) is 5.91 Å². The maximum Gasteiger partial charge on any atom is 0.411 e. The lowest BCUT2D eigenvalue weighted by molar-refractivity contribution is -0.176. The Morgan fingerprint density at radius 1 is 1.30 bits per heavy atom. The highest BCUT2D eigenvalue weighted by molar-refractivity contribution is 5.82. The van der Waals surface area contributed by atoms with Crippen molar-refractivity contribution in [1.29, 1.82) is 0 Å². The van der Waals surface area contributed by atoms with E-state index in [0.717, 1.165) is 5.56 Å². The minimum Gasteiger partial charge on any atom is -0.392 e. The number of alkyl halides is 3. The third-order valence-electron chi connectivity index (χ3n) is 3.45. The number of hydrogen-bond acceptors (Lipinski definition) is 4. The average Bonchev–Trinajstić information content (AvgIpc) is 2.91. The van der Waals surface area contributed by atoms with Gasteiger partial charge in [-0.25, -0.2) is 0 Å². The molecule has 1 aliphatic rings. The molecular weight excluding hydrogens is 313 g/mol. The first-order valence-corrected chi connectivity index (χ1v) is 7.25. The summed E-state index contributed by atoms with van der Waals surface area (Å²) in [7, 11) is 0. The van der Waals surface area contributed by atoms with Crippen LogP contribution < -0.4 is 10.6 Å². The molecule has 5 nitrogen and oxygen atoms in total. The molecule has 2 atom stereocenters. The number of hydrogen-bond donors (Lipinski definition) is 3. The zero-order valence-electron chi connectivity index (χ0n) is 12.4. The fraction of sp³-hybridized carbons (Fsp3) is 0.533. The molecule has 1 aromatic rings. The molecule has 1 amide bonds. The molecule has 0 spiro atoms. The molecule has 0 aliphatic carbocycles. The van der Waals surface area contributed by atoms with Crippen molar-refractivity contribution in [2.24, 2.45) is 0 Å². The van der Waals surface area contributed by atoms with Crippen LogP contribution >= 0.6 is 0 Å². The standard InChI is InChI=1S/C15H19F3N2O3/c16-15(17,18)9-23-8-11-3-1-10(2-4-11)6-20-14(22)13-5-12(21)7-19-13/h1-4,12-13,19,21H,5-9H2,(H,20,22)/t12-,13-/m0/s1. The predicted molar refractivity (Wildman–Crippen MR) is 76.4 cm³/mol. The van der Waals surface area contributed by atoms with Crippen molar-refractivity contribution < 1.29 is 27.8 Å². The Hall–Kier alpha value is -1.64. The van der Waals surface area contributed by atoms with Gasteiger partial charge in [0.15, 0.2) is 0 Å². The first-order chi connectivity index (χ1) is 10.8. The van der Waals surface area contributed by atoms with E-state index in [-0.39, 0.29) is 18.6 Å². The molecule has 0 bridgehead atoms. The van der Waals surface area contributed by atoms with Crippen LogP contribution in [0.1, 0.15) is 17.5 Å². The van der Waals surface area contributed by atoms with E-state index in [9.17, 15) is 23.1 Å². The van der Waals surface area contributed by atoms with Gasteiger partial charge >= 0.3 is 6.18 Å². The highest BCUT2D eigenvalue weighted by Gasteiger charge is 2.28. The number of halogens is 3. The Morgan fingerprint density at radius 2 is 1.96 bits per heavy atom. The second kappa shape index (κ2) is 7.76. The van der Waals surface area contributed by atoms with Crippen LogP contribution in [0.3, 0.4) is 0 Å². The first kappa shape index (κ1) is 17.7. The summed E-state index contributed by atoms with van der Waals surface area (Å²) >= 11 is 0. The molecule has 1 aromatic carbocycles. The van der Waals surface area contributed by atoms with Crippen LogP contribution in [0.15, 0.2) is 24.3 Å². The van der Waals surface area contributed by atoms with Gasteiger partial charge in [-0.1, -0.05) is 24.3 Å². The number of carbonyl (C=O) groups excluding carboxylic acids is 1. The largest absolute Gasteiger partial charge is 0.411 e. The maximum atomic E-state index is 12.0. The van der Waals surface area contributed by atoms with Gasteiger partial charge in [0, 0.05) is 13.1 Å². The quantitative estimate of drug-likeness (QED) is 0.730. The van der Waals surface area contributed by atoms with E-state index in [1.807, 2.05) is 0 Å². The van der Waals surface area contributed by atoms with Gasteiger partial charge < -0.3 is 20.5 Å². The van der Waals surface area contributed by atoms with E-state index < -0.39 is 18.9 Å². The summed E-state index contributed by atoms with van der Waals surface area (Å²) in [6, 6.07) is 6.39. The van der Waals surface area contributed by atoms with E-state index in [1.54, 1.807) is 24.3 Å². The lowest BCUT2D eigenvalue weighted by atomic mass is 10.1. The third-order valence-corrected chi connectivity index (χ3v) is 3.45. The molecule has 0 unspecified atom stereocenters. The molecule has 1 saturated heterocycles. The van der Waals surface area contributed by atoms with Crippen molar-refractivity contribution in [2.75, 3.05) is 13.2 Å². The van der Waals surface area contributed by atoms with Crippen molar-refractivity contribution in [2.45, 2.75) is 37.9 Å². The fourth-order valence-corrected chi connectivity index (χ4v) is 2.27. The molecule has 3 N–H and O–H groups in total. The molecule has 128 valence electrons. The number of amides is 1.